The molecule has 0 saturated heterocycles. The third kappa shape index (κ3) is 4.10. The zero-order chi connectivity index (χ0) is 11.4. The first kappa shape index (κ1) is 11.9. The maximum atomic E-state index is 11.6. The van der Waals surface area contributed by atoms with Crippen molar-refractivity contribution in [3.05, 3.63) is 0 Å². The Balaban J connectivity index is 1.57. The Bertz CT molecular complexity index is 241. The number of aliphatic hydroxyl groups excluding tert-OH is 1. The normalized spacial score (nSPS) is 30.1. The summed E-state index contributed by atoms with van der Waals surface area (Å²) in [5.74, 6) is 0.118. The van der Waals surface area contributed by atoms with Crippen molar-refractivity contribution in [3.8, 4) is 0 Å². The van der Waals surface area contributed by atoms with Crippen molar-refractivity contribution < 1.29 is 9.90 Å². The molecule has 0 spiro atoms. The number of hydrogen-bond donors (Lipinski definition) is 3. The topological polar surface area (TPSA) is 61.4 Å². The van der Waals surface area contributed by atoms with Gasteiger partial charge in [-0.05, 0) is 38.5 Å². The number of carbonyl (C=O) groups excluding carboxylic acids is 1. The first-order valence-corrected chi connectivity index (χ1v) is 6.45. The minimum atomic E-state index is -0.219. The van der Waals surface area contributed by atoms with Crippen molar-refractivity contribution in [2.45, 2.75) is 63.1 Å². The summed E-state index contributed by atoms with van der Waals surface area (Å²) in [6, 6.07) is 0.862. The van der Waals surface area contributed by atoms with Gasteiger partial charge in [0, 0.05) is 25.0 Å². The Morgan fingerprint density at radius 1 is 1.19 bits per heavy atom. The molecule has 0 aromatic carbocycles. The van der Waals surface area contributed by atoms with Crippen LogP contribution in [0.5, 0.6) is 0 Å². The highest BCUT2D eigenvalue weighted by atomic mass is 16.3. The molecule has 92 valence electrons. The van der Waals surface area contributed by atoms with Crippen molar-refractivity contribution in [1.82, 2.24) is 10.6 Å². The third-order valence-corrected chi connectivity index (χ3v) is 3.37. The Kier molecular flexibility index (Phi) is 4.18. The van der Waals surface area contributed by atoms with E-state index in [2.05, 4.69) is 10.6 Å². The van der Waals surface area contributed by atoms with Crippen molar-refractivity contribution in [2.24, 2.45) is 0 Å². The second-order valence-electron chi connectivity index (χ2n) is 5.06. The van der Waals surface area contributed by atoms with Crippen molar-refractivity contribution in [3.63, 3.8) is 0 Å². The van der Waals surface area contributed by atoms with E-state index in [4.69, 9.17) is 0 Å². The van der Waals surface area contributed by atoms with E-state index in [0.717, 1.165) is 32.2 Å². The summed E-state index contributed by atoms with van der Waals surface area (Å²) >= 11 is 0. The Hall–Kier alpha value is -0.610. The fourth-order valence-electron chi connectivity index (χ4n) is 2.27. The molecule has 0 bridgehead atoms. The van der Waals surface area contributed by atoms with Gasteiger partial charge in [-0.25, -0.2) is 0 Å². The zero-order valence-corrected chi connectivity index (χ0v) is 9.74. The molecule has 2 saturated carbocycles. The van der Waals surface area contributed by atoms with Gasteiger partial charge in [-0.3, -0.25) is 4.79 Å². The van der Waals surface area contributed by atoms with Crippen molar-refractivity contribution in [1.29, 1.82) is 0 Å². The number of carbonyl (C=O) groups is 1. The SMILES string of the molecule is O=C(CCNC1CC1)NC1CCCC(O)C1. The van der Waals surface area contributed by atoms with Crippen LogP contribution in [0.25, 0.3) is 0 Å². The minimum Gasteiger partial charge on any atom is -0.393 e. The molecule has 2 fully saturated rings. The van der Waals surface area contributed by atoms with E-state index >= 15 is 0 Å². The lowest BCUT2D eigenvalue weighted by atomic mass is 9.93. The van der Waals surface area contributed by atoms with Crippen LogP contribution < -0.4 is 10.6 Å². The molecule has 1 amide bonds. The second kappa shape index (κ2) is 5.64. The molecule has 4 nitrogen and oxygen atoms in total. The van der Waals surface area contributed by atoms with E-state index < -0.39 is 0 Å². The van der Waals surface area contributed by atoms with Gasteiger partial charge < -0.3 is 15.7 Å². The summed E-state index contributed by atoms with van der Waals surface area (Å²) in [5.41, 5.74) is 0. The number of amides is 1. The lowest BCUT2D eigenvalue weighted by Crippen LogP contribution is -2.40. The smallest absolute Gasteiger partial charge is 0.221 e. The predicted molar refractivity (Wildman–Crippen MR) is 62.0 cm³/mol. The fourth-order valence-corrected chi connectivity index (χ4v) is 2.27. The Morgan fingerprint density at radius 2 is 2.00 bits per heavy atom. The van der Waals surface area contributed by atoms with Gasteiger partial charge in [0.15, 0.2) is 0 Å². The molecule has 2 rings (SSSR count). The standard InChI is InChI=1S/C12H22N2O2/c15-11-3-1-2-10(8-11)14-12(16)6-7-13-9-4-5-9/h9-11,13,15H,1-8H2,(H,14,16). The monoisotopic (exact) mass is 226 g/mol. The molecule has 2 aliphatic carbocycles. The zero-order valence-electron chi connectivity index (χ0n) is 9.74. The van der Waals surface area contributed by atoms with Gasteiger partial charge in [0.25, 0.3) is 0 Å². The summed E-state index contributed by atoms with van der Waals surface area (Å²) in [6.45, 7) is 0.784. The first-order valence-electron chi connectivity index (χ1n) is 6.45. The van der Waals surface area contributed by atoms with Crippen LogP contribution in [0.1, 0.15) is 44.9 Å². The average Bonchev–Trinajstić information content (AvgIpc) is 3.01. The van der Waals surface area contributed by atoms with Gasteiger partial charge in [-0.2, -0.15) is 0 Å². The molecule has 2 aliphatic rings. The fraction of sp³-hybridized carbons (Fsp3) is 0.917. The molecule has 2 atom stereocenters. The van der Waals surface area contributed by atoms with E-state index in [-0.39, 0.29) is 18.1 Å². The van der Waals surface area contributed by atoms with Crippen LogP contribution >= 0.6 is 0 Å². The van der Waals surface area contributed by atoms with Crippen molar-refractivity contribution in [2.75, 3.05) is 6.54 Å². The summed E-state index contributed by atoms with van der Waals surface area (Å²) in [6.07, 6.45) is 6.50. The Morgan fingerprint density at radius 3 is 2.69 bits per heavy atom. The minimum absolute atomic E-state index is 0.118. The molecule has 16 heavy (non-hydrogen) atoms. The number of hydrogen-bond acceptors (Lipinski definition) is 3. The van der Waals surface area contributed by atoms with Gasteiger partial charge in [-0.1, -0.05) is 0 Å². The summed E-state index contributed by atoms with van der Waals surface area (Å²) in [5, 5.41) is 15.8. The maximum Gasteiger partial charge on any atom is 0.221 e. The molecule has 0 heterocycles. The van der Waals surface area contributed by atoms with Crippen molar-refractivity contribution >= 4 is 5.91 Å². The van der Waals surface area contributed by atoms with E-state index in [1.165, 1.54) is 12.8 Å². The second-order valence-corrected chi connectivity index (χ2v) is 5.06. The first-order chi connectivity index (χ1) is 7.74. The van der Waals surface area contributed by atoms with Crippen LogP contribution in [0.15, 0.2) is 0 Å². The maximum absolute atomic E-state index is 11.6. The highest BCUT2D eigenvalue weighted by Gasteiger charge is 2.22. The molecule has 0 aromatic heterocycles. The van der Waals surface area contributed by atoms with E-state index in [9.17, 15) is 9.90 Å². The van der Waals surface area contributed by atoms with Crippen LogP contribution in [-0.2, 0) is 4.79 Å². The molecule has 4 heteroatoms. The van der Waals surface area contributed by atoms with Gasteiger partial charge in [0.2, 0.25) is 5.91 Å². The lowest BCUT2D eigenvalue weighted by Gasteiger charge is -2.26. The number of nitrogens with one attached hydrogen (secondary N) is 2. The van der Waals surface area contributed by atoms with E-state index in [1.54, 1.807) is 0 Å². The van der Waals surface area contributed by atoms with Crippen LogP contribution in [0.2, 0.25) is 0 Å². The molecule has 2 unspecified atom stereocenters. The Labute approximate surface area is 96.8 Å². The molecule has 0 radical (unpaired) electrons. The lowest BCUT2D eigenvalue weighted by molar-refractivity contribution is -0.122. The summed E-state index contributed by atoms with van der Waals surface area (Å²) in [7, 11) is 0. The number of rotatable bonds is 5. The highest BCUT2D eigenvalue weighted by molar-refractivity contribution is 5.76. The van der Waals surface area contributed by atoms with Gasteiger partial charge >= 0.3 is 0 Å². The third-order valence-electron chi connectivity index (χ3n) is 3.37. The molecule has 0 aromatic rings. The molecular formula is C12H22N2O2. The molecular weight excluding hydrogens is 204 g/mol. The predicted octanol–water partition coefficient (Wildman–Crippen LogP) is 0.548. The largest absolute Gasteiger partial charge is 0.393 e. The average molecular weight is 226 g/mol. The van der Waals surface area contributed by atoms with Crippen LogP contribution in [0, 0.1) is 0 Å². The van der Waals surface area contributed by atoms with Crippen LogP contribution in [-0.4, -0.2) is 35.7 Å². The molecule has 0 aliphatic heterocycles. The van der Waals surface area contributed by atoms with Crippen LogP contribution in [0.4, 0.5) is 0 Å². The molecule has 3 N–H and O–H groups in total. The summed E-state index contributed by atoms with van der Waals surface area (Å²) < 4.78 is 0. The summed E-state index contributed by atoms with van der Waals surface area (Å²) in [4.78, 5) is 11.6. The van der Waals surface area contributed by atoms with Gasteiger partial charge in [0.05, 0.1) is 6.10 Å². The van der Waals surface area contributed by atoms with E-state index in [0.29, 0.717) is 12.5 Å². The highest BCUT2D eigenvalue weighted by Crippen LogP contribution is 2.19. The quantitative estimate of drug-likeness (QED) is 0.641. The number of aliphatic hydroxyl groups is 1. The van der Waals surface area contributed by atoms with Gasteiger partial charge in [0.1, 0.15) is 0 Å². The van der Waals surface area contributed by atoms with Gasteiger partial charge in [-0.15, -0.1) is 0 Å². The van der Waals surface area contributed by atoms with Crippen LogP contribution in [0.3, 0.4) is 0 Å². The van der Waals surface area contributed by atoms with E-state index in [1.807, 2.05) is 0 Å².